The molecule has 1 saturated heterocycles. The Morgan fingerprint density at radius 2 is 1.92 bits per heavy atom. The molecule has 4 heterocycles. The van der Waals surface area contributed by atoms with Gasteiger partial charge < -0.3 is 19.1 Å². The Balaban J connectivity index is 1.24. The van der Waals surface area contributed by atoms with E-state index < -0.39 is 12.6 Å². The van der Waals surface area contributed by atoms with E-state index in [1.165, 1.54) is 6.07 Å². The number of imidazole rings is 1. The van der Waals surface area contributed by atoms with Crippen LogP contribution < -0.4 is 9.64 Å². The molecule has 1 spiro atoms. The minimum atomic E-state index is -2.89. The Bertz CT molecular complexity index is 1460. The SMILES string of the molecule is Cc1nc2ccc(-c3cnc(N4CC5(CC5C(=O)O)C4)nc3)cn2c1Cc1ccccc1OC(F)F. The van der Waals surface area contributed by atoms with Gasteiger partial charge in [-0.1, -0.05) is 18.2 Å². The number of carboxylic acid groups (broad SMARTS) is 1. The third-order valence-corrected chi connectivity index (χ3v) is 7.22. The molecule has 3 aromatic heterocycles. The van der Waals surface area contributed by atoms with E-state index in [0.29, 0.717) is 31.0 Å². The zero-order chi connectivity index (χ0) is 25.0. The Hall–Kier alpha value is -4.08. The molecule has 1 aliphatic carbocycles. The fourth-order valence-electron chi connectivity index (χ4n) is 5.17. The number of hydrogen-bond acceptors (Lipinski definition) is 6. The number of nitrogens with zero attached hydrogens (tertiary/aromatic N) is 5. The first-order chi connectivity index (χ1) is 17.3. The number of hydrogen-bond donors (Lipinski definition) is 1. The quantitative estimate of drug-likeness (QED) is 0.414. The van der Waals surface area contributed by atoms with Gasteiger partial charge >= 0.3 is 12.6 Å². The molecule has 1 saturated carbocycles. The molecule has 8 nitrogen and oxygen atoms in total. The van der Waals surface area contributed by atoms with E-state index in [4.69, 9.17) is 4.74 Å². The highest BCUT2D eigenvalue weighted by Gasteiger charge is 2.65. The predicted molar refractivity (Wildman–Crippen MR) is 127 cm³/mol. The Morgan fingerprint density at radius 3 is 2.61 bits per heavy atom. The van der Waals surface area contributed by atoms with Gasteiger partial charge in [-0.15, -0.1) is 0 Å². The smallest absolute Gasteiger partial charge is 0.387 e. The lowest BCUT2D eigenvalue weighted by molar-refractivity contribution is -0.139. The van der Waals surface area contributed by atoms with Crippen LogP contribution in [0.3, 0.4) is 0 Å². The summed E-state index contributed by atoms with van der Waals surface area (Å²) in [5, 5.41) is 9.21. The number of pyridine rings is 1. The first-order valence-electron chi connectivity index (χ1n) is 11.6. The van der Waals surface area contributed by atoms with Crippen molar-refractivity contribution in [1.29, 1.82) is 0 Å². The van der Waals surface area contributed by atoms with E-state index in [9.17, 15) is 18.7 Å². The lowest BCUT2D eigenvalue weighted by Gasteiger charge is -2.40. The summed E-state index contributed by atoms with van der Waals surface area (Å²) < 4.78 is 32.4. The van der Waals surface area contributed by atoms with Crippen LogP contribution in [-0.4, -0.2) is 50.1 Å². The number of aromatic nitrogens is 4. The number of aliphatic carboxylic acids is 1. The van der Waals surface area contributed by atoms with Crippen LogP contribution in [0.4, 0.5) is 14.7 Å². The number of anilines is 1. The molecule has 10 heteroatoms. The molecule has 36 heavy (non-hydrogen) atoms. The molecule has 2 fully saturated rings. The van der Waals surface area contributed by atoms with Crippen LogP contribution in [0.1, 0.15) is 23.4 Å². The van der Waals surface area contributed by atoms with Crippen LogP contribution in [0.2, 0.25) is 0 Å². The number of aryl methyl sites for hydroxylation is 1. The molecule has 0 amide bonds. The molecule has 1 aliphatic heterocycles. The van der Waals surface area contributed by atoms with Gasteiger partial charge in [0.15, 0.2) is 0 Å². The van der Waals surface area contributed by atoms with Crippen molar-refractivity contribution in [3.8, 4) is 16.9 Å². The van der Waals surface area contributed by atoms with Crippen LogP contribution in [-0.2, 0) is 11.2 Å². The number of halogens is 2. The maximum Gasteiger partial charge on any atom is 0.387 e. The lowest BCUT2D eigenvalue weighted by atomic mass is 9.94. The van der Waals surface area contributed by atoms with E-state index >= 15 is 0 Å². The zero-order valence-electron chi connectivity index (χ0n) is 19.4. The van der Waals surface area contributed by atoms with Crippen LogP contribution in [0.5, 0.6) is 5.75 Å². The van der Waals surface area contributed by atoms with E-state index in [1.54, 1.807) is 30.6 Å². The minimum Gasteiger partial charge on any atom is -0.481 e. The second-order valence-electron chi connectivity index (χ2n) is 9.54. The van der Waals surface area contributed by atoms with Crippen LogP contribution in [0.25, 0.3) is 16.8 Å². The second-order valence-corrected chi connectivity index (χ2v) is 9.54. The number of fused-ring (bicyclic) bond motifs is 1. The topological polar surface area (TPSA) is 92.9 Å². The van der Waals surface area contributed by atoms with Crippen molar-refractivity contribution < 1.29 is 23.4 Å². The van der Waals surface area contributed by atoms with Gasteiger partial charge in [-0.3, -0.25) is 4.79 Å². The van der Waals surface area contributed by atoms with E-state index in [2.05, 4.69) is 15.0 Å². The first kappa shape index (κ1) is 22.4. The number of para-hydroxylation sites is 1. The third kappa shape index (κ3) is 3.82. The standard InChI is InChI=1S/C26H23F2N5O3/c1-15-20(8-16-4-2-3-5-21(16)36-24(27)28)33-12-17(6-7-22(33)31-15)18-10-29-25(30-11-18)32-13-26(14-32)9-19(26)23(34)35/h2-7,10-12,19,24H,8-9,13-14H2,1H3,(H,34,35). The van der Waals surface area contributed by atoms with Crippen molar-refractivity contribution in [2.24, 2.45) is 11.3 Å². The number of benzene rings is 1. The highest BCUT2D eigenvalue weighted by atomic mass is 19.3. The lowest BCUT2D eigenvalue weighted by Crippen LogP contribution is -2.51. The van der Waals surface area contributed by atoms with E-state index in [0.717, 1.165) is 34.6 Å². The second kappa shape index (κ2) is 8.25. The minimum absolute atomic E-state index is 0.104. The highest BCUT2D eigenvalue weighted by Crippen LogP contribution is 2.59. The van der Waals surface area contributed by atoms with Crippen molar-refractivity contribution in [1.82, 2.24) is 19.4 Å². The average molecular weight is 491 g/mol. The Morgan fingerprint density at radius 1 is 1.17 bits per heavy atom. The molecular weight excluding hydrogens is 468 g/mol. The molecular formula is C26H23F2N5O3. The van der Waals surface area contributed by atoms with Gasteiger partial charge in [-0.05, 0) is 31.5 Å². The Labute approximate surface area is 205 Å². The van der Waals surface area contributed by atoms with Crippen molar-refractivity contribution in [2.45, 2.75) is 26.4 Å². The van der Waals surface area contributed by atoms with E-state index in [-0.39, 0.29) is 17.1 Å². The first-order valence-corrected chi connectivity index (χ1v) is 11.6. The summed E-state index contributed by atoms with van der Waals surface area (Å²) in [7, 11) is 0. The van der Waals surface area contributed by atoms with Crippen LogP contribution in [0.15, 0.2) is 55.0 Å². The summed E-state index contributed by atoms with van der Waals surface area (Å²) in [6.45, 7) is 0.340. The summed E-state index contributed by atoms with van der Waals surface area (Å²) in [5.41, 5.74) is 4.68. The van der Waals surface area contributed by atoms with Gasteiger partial charge in [0, 0.05) is 65.9 Å². The van der Waals surface area contributed by atoms with Gasteiger partial charge in [0.25, 0.3) is 0 Å². The molecule has 0 radical (unpaired) electrons. The van der Waals surface area contributed by atoms with Crippen LogP contribution in [0, 0.1) is 18.3 Å². The fourth-order valence-corrected chi connectivity index (χ4v) is 5.17. The fraction of sp³-hybridized carbons (Fsp3) is 0.308. The molecule has 184 valence electrons. The normalized spacial score (nSPS) is 18.0. The number of alkyl halides is 2. The Kier molecular flexibility index (Phi) is 5.13. The molecule has 1 aromatic carbocycles. The summed E-state index contributed by atoms with van der Waals surface area (Å²) in [6, 6.07) is 10.6. The molecule has 1 atom stereocenters. The summed E-state index contributed by atoms with van der Waals surface area (Å²) in [4.78, 5) is 26.9. The number of carboxylic acids is 1. The van der Waals surface area contributed by atoms with Crippen LogP contribution >= 0.6 is 0 Å². The maximum atomic E-state index is 12.9. The van der Waals surface area contributed by atoms with Gasteiger partial charge in [-0.25, -0.2) is 15.0 Å². The van der Waals surface area contributed by atoms with Gasteiger partial charge in [0.2, 0.25) is 5.95 Å². The van der Waals surface area contributed by atoms with Crippen molar-refractivity contribution >= 4 is 17.6 Å². The monoisotopic (exact) mass is 491 g/mol. The number of ether oxygens (including phenoxy) is 1. The van der Waals surface area contributed by atoms with Gasteiger partial charge in [0.1, 0.15) is 11.4 Å². The van der Waals surface area contributed by atoms with E-state index in [1.807, 2.05) is 34.6 Å². The van der Waals surface area contributed by atoms with Crippen molar-refractivity contribution in [3.05, 3.63) is 71.9 Å². The number of rotatable bonds is 7. The predicted octanol–water partition coefficient (Wildman–Crippen LogP) is 4.20. The summed E-state index contributed by atoms with van der Waals surface area (Å²) in [5.74, 6) is -0.228. The summed E-state index contributed by atoms with van der Waals surface area (Å²) >= 11 is 0. The molecule has 1 unspecified atom stereocenters. The zero-order valence-corrected chi connectivity index (χ0v) is 19.4. The summed E-state index contributed by atoms with van der Waals surface area (Å²) in [6.07, 6.45) is 6.56. The molecule has 1 N–H and O–H groups in total. The molecule has 0 bridgehead atoms. The van der Waals surface area contributed by atoms with Gasteiger partial charge in [0.05, 0.1) is 11.6 Å². The molecule has 2 aliphatic rings. The van der Waals surface area contributed by atoms with Gasteiger partial charge in [-0.2, -0.15) is 8.78 Å². The largest absolute Gasteiger partial charge is 0.481 e. The molecule has 6 rings (SSSR count). The molecule has 4 aromatic rings. The average Bonchev–Trinajstić information content (AvgIpc) is 3.52. The highest BCUT2D eigenvalue weighted by molar-refractivity contribution is 5.76. The third-order valence-electron chi connectivity index (χ3n) is 7.22. The van der Waals surface area contributed by atoms with Crippen molar-refractivity contribution in [3.63, 3.8) is 0 Å². The number of carbonyl (C=O) groups is 1. The van der Waals surface area contributed by atoms with Crippen molar-refractivity contribution in [2.75, 3.05) is 18.0 Å². The maximum absolute atomic E-state index is 12.9.